The molecule has 0 aliphatic rings. The molecule has 1 unspecified atom stereocenters. The molecule has 1 atom stereocenters. The van der Waals surface area contributed by atoms with Gasteiger partial charge in [0.25, 0.3) is 0 Å². The predicted octanol–water partition coefficient (Wildman–Crippen LogP) is 3.28. The summed E-state index contributed by atoms with van der Waals surface area (Å²) >= 11 is 13.0. The van der Waals surface area contributed by atoms with Gasteiger partial charge in [-0.25, -0.2) is 4.98 Å². The zero-order valence-corrected chi connectivity index (χ0v) is 11.8. The fourth-order valence-corrected chi connectivity index (χ4v) is 2.53. The van der Waals surface area contributed by atoms with Gasteiger partial charge in [0.05, 0.1) is 16.4 Å². The van der Waals surface area contributed by atoms with Gasteiger partial charge >= 0.3 is 5.97 Å². The summed E-state index contributed by atoms with van der Waals surface area (Å²) in [5.41, 5.74) is 6.40. The molecule has 19 heavy (non-hydrogen) atoms. The van der Waals surface area contributed by atoms with E-state index in [0.29, 0.717) is 26.6 Å². The summed E-state index contributed by atoms with van der Waals surface area (Å²) in [5, 5.41) is 14.9. The first kappa shape index (κ1) is 14.1. The van der Waals surface area contributed by atoms with E-state index in [1.807, 2.05) is 0 Å². The van der Waals surface area contributed by atoms with Crippen molar-refractivity contribution in [3.63, 3.8) is 0 Å². The number of carboxylic acid groups (broad SMARTS) is 1. The Morgan fingerprint density at radius 1 is 1.47 bits per heavy atom. The van der Waals surface area contributed by atoms with Crippen LogP contribution in [0.1, 0.15) is 11.7 Å². The zero-order valence-electron chi connectivity index (χ0n) is 9.43. The lowest BCUT2D eigenvalue weighted by atomic mass is 10.2. The van der Waals surface area contributed by atoms with E-state index >= 15 is 0 Å². The van der Waals surface area contributed by atoms with Crippen molar-refractivity contribution in [2.75, 3.05) is 5.32 Å². The van der Waals surface area contributed by atoms with Crippen LogP contribution in [0.5, 0.6) is 0 Å². The van der Waals surface area contributed by atoms with Crippen molar-refractivity contribution in [3.8, 4) is 0 Å². The summed E-state index contributed by atoms with van der Waals surface area (Å²) < 4.78 is 0. The van der Waals surface area contributed by atoms with E-state index in [2.05, 4.69) is 10.3 Å². The molecular weight excluding hydrogens is 309 g/mol. The van der Waals surface area contributed by atoms with Gasteiger partial charge in [-0.3, -0.25) is 4.79 Å². The highest BCUT2D eigenvalue weighted by molar-refractivity contribution is 7.13. The maximum absolute atomic E-state index is 10.7. The molecule has 1 heterocycles. The molecule has 0 saturated heterocycles. The van der Waals surface area contributed by atoms with Crippen LogP contribution < -0.4 is 11.1 Å². The highest BCUT2D eigenvalue weighted by Gasteiger charge is 2.17. The first-order chi connectivity index (χ1) is 8.97. The van der Waals surface area contributed by atoms with Crippen LogP contribution in [0.25, 0.3) is 0 Å². The average Bonchev–Trinajstić information content (AvgIpc) is 2.80. The Morgan fingerprint density at radius 3 is 2.84 bits per heavy atom. The van der Waals surface area contributed by atoms with Gasteiger partial charge in [0.2, 0.25) is 0 Å². The zero-order chi connectivity index (χ0) is 14.0. The molecule has 0 aliphatic heterocycles. The maximum atomic E-state index is 10.7. The van der Waals surface area contributed by atoms with E-state index in [4.69, 9.17) is 34.0 Å². The second kappa shape index (κ2) is 5.75. The number of rotatable bonds is 4. The van der Waals surface area contributed by atoms with E-state index in [9.17, 15) is 4.79 Å². The van der Waals surface area contributed by atoms with Crippen LogP contribution >= 0.6 is 34.5 Å². The summed E-state index contributed by atoms with van der Waals surface area (Å²) in [6.07, 6.45) is 0. The van der Waals surface area contributed by atoms with Gasteiger partial charge in [-0.1, -0.05) is 23.2 Å². The molecule has 5 nitrogen and oxygen atoms in total. The molecule has 8 heteroatoms. The summed E-state index contributed by atoms with van der Waals surface area (Å²) in [7, 11) is 0. The van der Waals surface area contributed by atoms with Crippen molar-refractivity contribution in [2.45, 2.75) is 6.04 Å². The minimum Gasteiger partial charge on any atom is -0.480 e. The summed E-state index contributed by atoms with van der Waals surface area (Å²) in [5.74, 6) is -1.12. The number of nitrogens with two attached hydrogens (primary N) is 1. The van der Waals surface area contributed by atoms with Crippen molar-refractivity contribution in [2.24, 2.45) is 5.73 Å². The van der Waals surface area contributed by atoms with Crippen molar-refractivity contribution in [1.82, 2.24) is 4.98 Å². The van der Waals surface area contributed by atoms with E-state index in [0.717, 1.165) is 0 Å². The quantitative estimate of drug-likeness (QED) is 0.805. The van der Waals surface area contributed by atoms with Crippen molar-refractivity contribution >= 4 is 51.3 Å². The molecule has 1 aromatic carbocycles. The monoisotopic (exact) mass is 317 g/mol. The van der Waals surface area contributed by atoms with Gasteiger partial charge < -0.3 is 16.2 Å². The normalized spacial score (nSPS) is 12.2. The lowest BCUT2D eigenvalue weighted by molar-refractivity contribution is -0.138. The van der Waals surface area contributed by atoms with Crippen LogP contribution in [0.2, 0.25) is 10.0 Å². The number of anilines is 2. The average molecular weight is 318 g/mol. The van der Waals surface area contributed by atoms with Crippen LogP contribution in [0, 0.1) is 0 Å². The van der Waals surface area contributed by atoms with Gasteiger partial charge in [0.15, 0.2) is 5.13 Å². The Kier molecular flexibility index (Phi) is 4.26. The van der Waals surface area contributed by atoms with Gasteiger partial charge in [0.1, 0.15) is 6.04 Å². The highest BCUT2D eigenvalue weighted by atomic mass is 35.5. The standard InChI is InChI=1S/C11H9Cl2N3O2S/c12-5-1-2-7(6(13)3-5)15-11-16-8(4-19-11)9(14)10(17)18/h1-4,9H,14H2,(H,15,16)(H,17,18). The molecule has 0 radical (unpaired) electrons. The number of nitrogens with one attached hydrogen (secondary N) is 1. The molecule has 0 bridgehead atoms. The number of aromatic nitrogens is 1. The largest absolute Gasteiger partial charge is 0.480 e. The second-order valence-corrected chi connectivity index (χ2v) is 5.34. The number of halogens is 2. The van der Waals surface area contributed by atoms with Gasteiger partial charge in [-0.2, -0.15) is 0 Å². The minimum absolute atomic E-state index is 0.296. The number of aliphatic carboxylic acids is 1. The maximum Gasteiger partial charge on any atom is 0.326 e. The minimum atomic E-state index is -1.13. The molecule has 2 aromatic rings. The lowest BCUT2D eigenvalue weighted by Gasteiger charge is -2.05. The van der Waals surface area contributed by atoms with Crippen molar-refractivity contribution < 1.29 is 9.90 Å². The molecule has 2 rings (SSSR count). The fourth-order valence-electron chi connectivity index (χ4n) is 1.32. The van der Waals surface area contributed by atoms with Gasteiger partial charge in [-0.15, -0.1) is 11.3 Å². The molecule has 0 saturated carbocycles. The second-order valence-electron chi connectivity index (χ2n) is 3.64. The summed E-state index contributed by atoms with van der Waals surface area (Å²) in [4.78, 5) is 14.8. The lowest BCUT2D eigenvalue weighted by Crippen LogP contribution is -2.20. The van der Waals surface area contributed by atoms with Gasteiger partial charge in [-0.05, 0) is 18.2 Å². The Hall–Kier alpha value is -1.34. The van der Waals surface area contributed by atoms with Crippen molar-refractivity contribution in [3.05, 3.63) is 39.3 Å². The van der Waals surface area contributed by atoms with E-state index in [1.165, 1.54) is 11.3 Å². The first-order valence-corrected chi connectivity index (χ1v) is 6.77. The smallest absolute Gasteiger partial charge is 0.326 e. The molecule has 1 aromatic heterocycles. The molecule has 0 amide bonds. The molecule has 100 valence electrons. The van der Waals surface area contributed by atoms with Crippen LogP contribution in [-0.4, -0.2) is 16.1 Å². The number of hydrogen-bond acceptors (Lipinski definition) is 5. The number of hydrogen-bond donors (Lipinski definition) is 3. The van der Waals surface area contributed by atoms with Gasteiger partial charge in [0, 0.05) is 10.4 Å². The number of nitrogens with zero attached hydrogens (tertiary/aromatic N) is 1. The van der Waals surface area contributed by atoms with Crippen LogP contribution in [0.4, 0.5) is 10.8 Å². The first-order valence-electron chi connectivity index (χ1n) is 5.13. The number of thiazole rings is 1. The third-order valence-corrected chi connectivity index (χ3v) is 3.60. The predicted molar refractivity (Wildman–Crippen MR) is 76.4 cm³/mol. The molecule has 0 aliphatic carbocycles. The summed E-state index contributed by atoms with van der Waals surface area (Å²) in [6.45, 7) is 0. The Bertz CT molecular complexity index is 618. The van der Waals surface area contributed by atoms with Crippen LogP contribution in [0.3, 0.4) is 0 Å². The topological polar surface area (TPSA) is 88.2 Å². The molecule has 4 N–H and O–H groups in total. The number of benzene rings is 1. The van der Waals surface area contributed by atoms with Crippen molar-refractivity contribution in [1.29, 1.82) is 0 Å². The number of carboxylic acids is 1. The van der Waals surface area contributed by atoms with E-state index in [-0.39, 0.29) is 0 Å². The third kappa shape index (κ3) is 3.36. The molecular formula is C11H9Cl2N3O2S. The third-order valence-electron chi connectivity index (χ3n) is 2.28. The highest BCUT2D eigenvalue weighted by Crippen LogP contribution is 2.30. The Balaban J connectivity index is 2.18. The van der Waals surface area contributed by atoms with E-state index < -0.39 is 12.0 Å². The van der Waals surface area contributed by atoms with E-state index in [1.54, 1.807) is 23.6 Å². The SMILES string of the molecule is NC(C(=O)O)c1csc(Nc2ccc(Cl)cc2Cl)n1. The number of carbonyl (C=O) groups is 1. The molecule has 0 fully saturated rings. The molecule has 0 spiro atoms. The van der Waals surface area contributed by atoms with Crippen LogP contribution in [-0.2, 0) is 4.79 Å². The fraction of sp³-hybridized carbons (Fsp3) is 0.0909. The Labute approximate surface area is 123 Å². The summed E-state index contributed by atoms with van der Waals surface area (Å²) in [6, 6.07) is 3.87. The Morgan fingerprint density at radius 2 is 2.21 bits per heavy atom. The van der Waals surface area contributed by atoms with Crippen LogP contribution in [0.15, 0.2) is 23.6 Å².